The minimum absolute atomic E-state index is 1.04. The van der Waals surface area contributed by atoms with E-state index in [1.807, 2.05) is 12.4 Å². The first-order valence-electron chi connectivity index (χ1n) is 13.5. The molecule has 8 nitrogen and oxygen atoms in total. The van der Waals surface area contributed by atoms with E-state index >= 15 is 0 Å². The molecule has 0 aromatic carbocycles. The second-order valence-corrected chi connectivity index (χ2v) is 10.00. The monoisotopic (exact) mass is 514 g/mol. The largest absolute Gasteiger partial charge is 0.759 e. The van der Waals surface area contributed by atoms with Crippen molar-refractivity contribution in [2.24, 2.45) is 9.98 Å². The molecule has 0 aromatic rings. The zero-order valence-electron chi connectivity index (χ0n) is 23.0. The van der Waals surface area contributed by atoms with E-state index in [1.54, 1.807) is 0 Å². The van der Waals surface area contributed by atoms with Crippen LogP contribution in [0.3, 0.4) is 0 Å². The molecule has 35 heavy (non-hydrogen) atoms. The summed E-state index contributed by atoms with van der Waals surface area (Å²) in [5.41, 5.74) is 0. The predicted octanol–water partition coefficient (Wildman–Crippen LogP) is 6.06. The van der Waals surface area contributed by atoms with Gasteiger partial charge in [0.2, 0.25) is 11.7 Å². The second-order valence-electron chi connectivity index (χ2n) is 9.18. The van der Waals surface area contributed by atoms with Crippen LogP contribution in [0.15, 0.2) is 34.8 Å². The van der Waals surface area contributed by atoms with Crippen LogP contribution in [0.2, 0.25) is 0 Å². The molecule has 2 rings (SSSR count). The van der Waals surface area contributed by atoms with E-state index < -0.39 is 10.4 Å². The summed E-state index contributed by atoms with van der Waals surface area (Å²) in [6.07, 6.45) is 21.1. The molecule has 0 amide bonds. The maximum absolute atomic E-state index is 8.52. The molecule has 204 valence electrons. The molecular weight excluding hydrogens is 464 g/mol. The zero-order chi connectivity index (χ0) is 26.8. The standard InChI is InChI=1S/2C13H25N2.H2O4S/c2*1-4-7-10-15(11-8-5-2)12-9-14-13(15)6-3;1-5(2,3)4/h2*9,12H,4-8,10-11H2,1-3H3;(H2,1,2,3,4)/q2*+1;/p-2. The molecule has 0 saturated carbocycles. The zero-order valence-corrected chi connectivity index (χ0v) is 23.9. The van der Waals surface area contributed by atoms with E-state index in [1.165, 1.54) is 89.2 Å². The van der Waals surface area contributed by atoms with Gasteiger partial charge in [0.05, 0.1) is 38.6 Å². The molecule has 2 heterocycles. The van der Waals surface area contributed by atoms with Gasteiger partial charge in [-0.1, -0.05) is 67.2 Å². The first kappa shape index (κ1) is 33.6. The third-order valence-corrected chi connectivity index (χ3v) is 6.45. The summed E-state index contributed by atoms with van der Waals surface area (Å²) >= 11 is 0. The van der Waals surface area contributed by atoms with E-state index in [0.717, 1.165) is 21.8 Å². The SMILES string of the molecule is CCCC[N+]1(CCCC)C=CN=C1CC.CCCC[N+]1(CCCC)C=CN=C1CC.O=S(=O)([O-])[O-]. The molecule has 0 bridgehead atoms. The van der Waals surface area contributed by atoms with Crippen LogP contribution >= 0.6 is 0 Å². The first-order chi connectivity index (χ1) is 16.6. The fourth-order valence-electron chi connectivity index (χ4n) is 4.51. The highest BCUT2D eigenvalue weighted by Crippen LogP contribution is 2.22. The highest BCUT2D eigenvalue weighted by atomic mass is 32.3. The van der Waals surface area contributed by atoms with Crippen molar-refractivity contribution in [3.63, 3.8) is 0 Å². The Morgan fingerprint density at radius 2 is 0.886 bits per heavy atom. The van der Waals surface area contributed by atoms with E-state index in [9.17, 15) is 0 Å². The van der Waals surface area contributed by atoms with Crippen molar-refractivity contribution in [3.05, 3.63) is 24.8 Å². The molecule has 0 spiro atoms. The molecule has 0 N–H and O–H groups in total. The second kappa shape index (κ2) is 17.9. The van der Waals surface area contributed by atoms with Crippen LogP contribution in [0.1, 0.15) is 106 Å². The van der Waals surface area contributed by atoms with Crippen molar-refractivity contribution in [2.45, 2.75) is 106 Å². The Balaban J connectivity index is 0.000000555. The van der Waals surface area contributed by atoms with Gasteiger partial charge in [-0.25, -0.2) is 9.98 Å². The van der Waals surface area contributed by atoms with Crippen LogP contribution in [0, 0.1) is 0 Å². The lowest BCUT2D eigenvalue weighted by Crippen LogP contribution is -2.47. The Morgan fingerprint density at radius 3 is 1.09 bits per heavy atom. The van der Waals surface area contributed by atoms with Crippen molar-refractivity contribution in [1.29, 1.82) is 0 Å². The number of unbranched alkanes of at least 4 members (excludes halogenated alkanes) is 4. The van der Waals surface area contributed by atoms with Gasteiger partial charge in [0.25, 0.3) is 0 Å². The number of aliphatic imine (C=N–C) groups is 2. The lowest BCUT2D eigenvalue weighted by molar-refractivity contribution is -0.788. The van der Waals surface area contributed by atoms with Gasteiger partial charge in [-0.2, -0.15) is 0 Å². The van der Waals surface area contributed by atoms with Crippen LogP contribution in [-0.4, -0.2) is 64.3 Å². The fraction of sp³-hybridized carbons (Fsp3) is 0.769. The molecular formula is C26H50N4O4S. The highest BCUT2D eigenvalue weighted by Gasteiger charge is 2.33. The summed E-state index contributed by atoms with van der Waals surface area (Å²) in [7, 11) is -5.17. The minimum atomic E-state index is -5.17. The number of hydrogen-bond donors (Lipinski definition) is 0. The average Bonchev–Trinajstić information content (AvgIpc) is 3.42. The van der Waals surface area contributed by atoms with Crippen molar-refractivity contribution < 1.29 is 26.5 Å². The van der Waals surface area contributed by atoms with Crippen molar-refractivity contribution in [3.8, 4) is 0 Å². The maximum atomic E-state index is 8.52. The summed E-state index contributed by atoms with van der Waals surface area (Å²) in [6, 6.07) is 0. The van der Waals surface area contributed by atoms with Gasteiger partial charge in [0.15, 0.2) is 0 Å². The van der Waals surface area contributed by atoms with Gasteiger partial charge >= 0.3 is 0 Å². The van der Waals surface area contributed by atoms with Crippen LogP contribution < -0.4 is 0 Å². The Labute approximate surface area is 215 Å². The van der Waals surface area contributed by atoms with E-state index in [-0.39, 0.29) is 0 Å². The summed E-state index contributed by atoms with van der Waals surface area (Å²) < 4.78 is 36.2. The van der Waals surface area contributed by atoms with E-state index in [2.05, 4.69) is 63.9 Å². The third kappa shape index (κ3) is 12.9. The molecule has 2 aliphatic heterocycles. The van der Waals surface area contributed by atoms with Crippen LogP contribution in [0.5, 0.6) is 0 Å². The summed E-state index contributed by atoms with van der Waals surface area (Å²) in [6.45, 7) is 18.4. The smallest absolute Gasteiger partial charge is 0.207 e. The van der Waals surface area contributed by atoms with Gasteiger partial charge in [0, 0.05) is 23.2 Å². The van der Waals surface area contributed by atoms with Crippen molar-refractivity contribution >= 4 is 22.1 Å². The molecule has 9 heteroatoms. The van der Waals surface area contributed by atoms with Crippen LogP contribution in [0.4, 0.5) is 0 Å². The molecule has 0 saturated heterocycles. The highest BCUT2D eigenvalue weighted by molar-refractivity contribution is 7.79. The van der Waals surface area contributed by atoms with E-state index in [0.29, 0.717) is 0 Å². The van der Waals surface area contributed by atoms with Gasteiger partial charge in [-0.15, -0.1) is 0 Å². The van der Waals surface area contributed by atoms with Gasteiger partial charge in [-0.3, -0.25) is 17.4 Å². The fourth-order valence-corrected chi connectivity index (χ4v) is 4.51. The van der Waals surface area contributed by atoms with Gasteiger partial charge in [0.1, 0.15) is 12.4 Å². The average molecular weight is 515 g/mol. The van der Waals surface area contributed by atoms with Crippen molar-refractivity contribution in [2.75, 3.05) is 26.2 Å². The third-order valence-electron chi connectivity index (χ3n) is 6.45. The summed E-state index contributed by atoms with van der Waals surface area (Å²) in [4.78, 5) is 9.04. The van der Waals surface area contributed by atoms with Crippen molar-refractivity contribution in [1.82, 2.24) is 0 Å². The molecule has 0 radical (unpaired) electrons. The predicted molar refractivity (Wildman–Crippen MR) is 144 cm³/mol. The van der Waals surface area contributed by atoms with E-state index in [4.69, 9.17) is 17.5 Å². The summed E-state index contributed by atoms with van der Waals surface area (Å²) in [5.74, 6) is 2.72. The Kier molecular flexibility index (Phi) is 17.2. The topological polar surface area (TPSA) is 105 Å². The Hall–Kier alpha value is -1.39. The molecule has 0 fully saturated rings. The normalized spacial score (nSPS) is 17.3. The quantitative estimate of drug-likeness (QED) is 0.160. The number of rotatable bonds is 14. The summed E-state index contributed by atoms with van der Waals surface area (Å²) in [5, 5.41) is 0. The number of nitrogens with zero attached hydrogens (tertiary/aromatic N) is 4. The Bertz CT molecular complexity index is 728. The molecule has 0 unspecified atom stereocenters. The lowest BCUT2D eigenvalue weighted by atomic mass is 10.2. The molecule has 0 aliphatic carbocycles. The molecule has 2 aliphatic rings. The van der Waals surface area contributed by atoms with Gasteiger partial charge < -0.3 is 9.11 Å². The lowest BCUT2D eigenvalue weighted by Gasteiger charge is -2.32. The molecule has 0 aromatic heterocycles. The maximum Gasteiger partial charge on any atom is 0.207 e. The number of amidine groups is 2. The van der Waals surface area contributed by atoms with Gasteiger partial charge in [-0.05, 0) is 25.7 Å². The minimum Gasteiger partial charge on any atom is -0.759 e. The van der Waals surface area contributed by atoms with Crippen LogP contribution in [-0.2, 0) is 10.4 Å². The number of hydrogen-bond acceptors (Lipinski definition) is 6. The molecule has 0 atom stereocenters. The first-order valence-corrected chi connectivity index (χ1v) is 14.8. The Morgan fingerprint density at radius 1 is 0.629 bits per heavy atom. The van der Waals surface area contributed by atoms with Crippen LogP contribution in [0.25, 0.3) is 0 Å². The number of quaternary nitrogens is 2.